The third kappa shape index (κ3) is 2.65. The molecule has 0 heterocycles. The molecule has 4 fully saturated rings. The molecule has 3 heteroatoms. The van der Waals surface area contributed by atoms with Gasteiger partial charge in [-0.25, -0.2) is 0 Å². The Labute approximate surface area is 158 Å². The first-order valence-corrected chi connectivity index (χ1v) is 10.8. The highest BCUT2D eigenvalue weighted by atomic mass is 16.1. The molecule has 0 aromatic heterocycles. The Morgan fingerprint density at radius 3 is 2.69 bits per heavy atom. The molecule has 26 heavy (non-hydrogen) atoms. The lowest BCUT2D eigenvalue weighted by atomic mass is 9.44. The van der Waals surface area contributed by atoms with Crippen LogP contribution in [0.3, 0.4) is 0 Å². The number of carbonyl (C=O) groups is 2. The van der Waals surface area contributed by atoms with Crippen LogP contribution < -0.4 is 5.73 Å². The summed E-state index contributed by atoms with van der Waals surface area (Å²) in [6.07, 6.45) is 13.6. The predicted octanol–water partition coefficient (Wildman–Crippen LogP) is 4.30. The van der Waals surface area contributed by atoms with Crippen LogP contribution >= 0.6 is 0 Å². The number of nitrogens with two attached hydrogens (primary N) is 1. The maximum Gasteiger partial charge on any atom is 0.139 e. The minimum atomic E-state index is -0.132. The third-order valence-corrected chi connectivity index (χ3v) is 8.95. The van der Waals surface area contributed by atoms with Crippen LogP contribution in [0.5, 0.6) is 0 Å². The molecule has 144 valence electrons. The Kier molecular flexibility index (Phi) is 4.66. The zero-order valence-electron chi connectivity index (χ0n) is 16.5. The number of allylic oxidation sites excluding steroid dienone is 1. The van der Waals surface area contributed by atoms with Gasteiger partial charge in [-0.2, -0.15) is 0 Å². The Bertz CT molecular complexity index is 626. The van der Waals surface area contributed by atoms with E-state index in [1.54, 1.807) is 0 Å². The fourth-order valence-corrected chi connectivity index (χ4v) is 7.40. The lowest BCUT2D eigenvalue weighted by Crippen LogP contribution is -2.56. The van der Waals surface area contributed by atoms with Crippen LogP contribution in [0.15, 0.2) is 12.2 Å². The number of fused-ring (bicyclic) bond motifs is 5. The lowest BCUT2D eigenvalue weighted by Gasteiger charge is -2.59. The van der Waals surface area contributed by atoms with Crippen molar-refractivity contribution in [3.8, 4) is 0 Å². The summed E-state index contributed by atoms with van der Waals surface area (Å²) < 4.78 is 0. The highest BCUT2D eigenvalue weighted by molar-refractivity contribution is 5.88. The van der Waals surface area contributed by atoms with Gasteiger partial charge in [0.25, 0.3) is 0 Å². The number of hydrogen-bond acceptors (Lipinski definition) is 3. The largest absolute Gasteiger partial charge is 0.330 e. The predicted molar refractivity (Wildman–Crippen MR) is 103 cm³/mol. The summed E-state index contributed by atoms with van der Waals surface area (Å²) in [4.78, 5) is 25.7. The summed E-state index contributed by atoms with van der Waals surface area (Å²) in [6, 6.07) is 0. The normalized spacial score (nSPS) is 48.3. The van der Waals surface area contributed by atoms with Crippen molar-refractivity contribution >= 4 is 11.6 Å². The van der Waals surface area contributed by atoms with Crippen LogP contribution in [0.2, 0.25) is 0 Å². The van der Waals surface area contributed by atoms with Crippen LogP contribution in [-0.2, 0) is 9.59 Å². The zero-order chi connectivity index (χ0) is 18.5. The van der Waals surface area contributed by atoms with Crippen LogP contribution in [-0.4, -0.2) is 18.1 Å². The smallest absolute Gasteiger partial charge is 0.139 e. The van der Waals surface area contributed by atoms with Crippen molar-refractivity contribution in [1.82, 2.24) is 0 Å². The van der Waals surface area contributed by atoms with Gasteiger partial charge in [-0.05, 0) is 80.6 Å². The molecule has 0 amide bonds. The van der Waals surface area contributed by atoms with E-state index in [1.807, 2.05) is 0 Å². The van der Waals surface area contributed by atoms with Crippen molar-refractivity contribution in [2.75, 3.05) is 6.54 Å². The van der Waals surface area contributed by atoms with Crippen LogP contribution in [0.25, 0.3) is 0 Å². The summed E-state index contributed by atoms with van der Waals surface area (Å²) in [5, 5.41) is 0. The van der Waals surface area contributed by atoms with E-state index in [1.165, 1.54) is 12.8 Å². The van der Waals surface area contributed by atoms with Gasteiger partial charge in [0, 0.05) is 24.2 Å². The van der Waals surface area contributed by atoms with Crippen LogP contribution in [0, 0.1) is 40.4 Å². The highest BCUT2D eigenvalue weighted by Gasteiger charge is 2.62. The number of rotatable bonds is 3. The van der Waals surface area contributed by atoms with E-state index in [0.717, 1.165) is 44.9 Å². The van der Waals surface area contributed by atoms with E-state index >= 15 is 0 Å². The Morgan fingerprint density at radius 2 is 1.92 bits per heavy atom. The van der Waals surface area contributed by atoms with Gasteiger partial charge in [-0.15, -0.1) is 0 Å². The molecule has 0 bridgehead atoms. The average Bonchev–Trinajstić information content (AvgIpc) is 2.92. The lowest BCUT2D eigenvalue weighted by molar-refractivity contribution is -0.157. The molecule has 7 atom stereocenters. The monoisotopic (exact) mass is 357 g/mol. The molecule has 3 nitrogen and oxygen atoms in total. The second kappa shape index (κ2) is 6.58. The van der Waals surface area contributed by atoms with E-state index in [9.17, 15) is 9.59 Å². The van der Waals surface area contributed by atoms with Crippen molar-refractivity contribution < 1.29 is 9.59 Å². The van der Waals surface area contributed by atoms with Crippen LogP contribution in [0.1, 0.15) is 71.6 Å². The van der Waals surface area contributed by atoms with Gasteiger partial charge in [0.2, 0.25) is 0 Å². The number of hydrogen-bond donors (Lipinski definition) is 1. The number of carbonyl (C=O) groups excluding carboxylic acids is 2. The molecule has 0 spiro atoms. The minimum Gasteiger partial charge on any atom is -0.330 e. The van der Waals surface area contributed by atoms with Crippen molar-refractivity contribution in [2.45, 2.75) is 71.6 Å². The quantitative estimate of drug-likeness (QED) is 0.766. The van der Waals surface area contributed by atoms with Crippen molar-refractivity contribution in [2.24, 2.45) is 46.2 Å². The third-order valence-electron chi connectivity index (χ3n) is 8.95. The zero-order valence-corrected chi connectivity index (χ0v) is 16.5. The first kappa shape index (κ1) is 18.4. The van der Waals surface area contributed by atoms with E-state index in [4.69, 9.17) is 5.73 Å². The summed E-state index contributed by atoms with van der Waals surface area (Å²) >= 11 is 0. The van der Waals surface area contributed by atoms with Gasteiger partial charge in [-0.3, -0.25) is 9.59 Å². The van der Waals surface area contributed by atoms with Gasteiger partial charge in [0.15, 0.2) is 0 Å². The number of ketones is 2. The first-order chi connectivity index (χ1) is 12.4. The summed E-state index contributed by atoms with van der Waals surface area (Å²) in [7, 11) is 0. The van der Waals surface area contributed by atoms with Crippen molar-refractivity contribution in [3.05, 3.63) is 12.2 Å². The molecule has 0 aliphatic heterocycles. The van der Waals surface area contributed by atoms with E-state index in [2.05, 4.69) is 26.0 Å². The van der Waals surface area contributed by atoms with Gasteiger partial charge < -0.3 is 5.73 Å². The average molecular weight is 358 g/mol. The van der Waals surface area contributed by atoms with Crippen molar-refractivity contribution in [3.63, 3.8) is 0 Å². The van der Waals surface area contributed by atoms with Crippen LogP contribution in [0.4, 0.5) is 0 Å². The van der Waals surface area contributed by atoms with Crippen molar-refractivity contribution in [1.29, 1.82) is 0 Å². The van der Waals surface area contributed by atoms with E-state index in [0.29, 0.717) is 41.8 Å². The SMILES string of the molecule is C[C@]12CC[C@@H](C=CCCN)CC1C(=O)C[C@@H]1[C@@H]2CC[C@]2(C)C(=O)CC[C@@H]12. The van der Waals surface area contributed by atoms with Gasteiger partial charge in [0.1, 0.15) is 11.6 Å². The molecule has 0 radical (unpaired) electrons. The Hall–Kier alpha value is -0.960. The van der Waals surface area contributed by atoms with E-state index in [-0.39, 0.29) is 16.7 Å². The standard InChI is InChI=1S/C23H35NO2/c1-22-10-8-15(5-3-4-12-24)13-19(22)20(25)14-16-17-6-7-21(26)23(17,2)11-9-18(16)22/h3,5,15-19H,4,6-14,24H2,1-2H3/t15-,16+,17+,18+,19?,22-,23+/m1/s1. The summed E-state index contributed by atoms with van der Waals surface area (Å²) in [6.45, 7) is 5.30. The van der Waals surface area contributed by atoms with Gasteiger partial charge in [0.05, 0.1) is 0 Å². The second-order valence-corrected chi connectivity index (χ2v) is 10.1. The number of Topliss-reactive ketones (excluding diaryl/α,β-unsaturated/α-hetero) is 2. The summed E-state index contributed by atoms with van der Waals surface area (Å²) in [5.74, 6) is 3.29. The molecule has 1 unspecified atom stereocenters. The topological polar surface area (TPSA) is 60.2 Å². The molecule has 0 aromatic rings. The maximum absolute atomic E-state index is 13.2. The molecule has 0 aromatic carbocycles. The maximum atomic E-state index is 13.2. The van der Waals surface area contributed by atoms with Gasteiger partial charge in [-0.1, -0.05) is 26.0 Å². The molecule has 4 aliphatic rings. The highest BCUT2D eigenvalue weighted by Crippen LogP contribution is 2.65. The molecular formula is C23H35NO2. The molecular weight excluding hydrogens is 322 g/mol. The summed E-state index contributed by atoms with van der Waals surface area (Å²) in [5.41, 5.74) is 5.63. The molecule has 2 N–H and O–H groups in total. The Balaban J connectivity index is 1.56. The molecule has 0 saturated heterocycles. The first-order valence-electron chi connectivity index (χ1n) is 10.8. The molecule has 4 aliphatic carbocycles. The minimum absolute atomic E-state index is 0.132. The molecule has 4 saturated carbocycles. The van der Waals surface area contributed by atoms with E-state index < -0.39 is 0 Å². The second-order valence-electron chi connectivity index (χ2n) is 10.1. The molecule has 4 rings (SSSR count). The fourth-order valence-electron chi connectivity index (χ4n) is 7.40. The van der Waals surface area contributed by atoms with Gasteiger partial charge >= 0.3 is 0 Å². The Morgan fingerprint density at radius 1 is 1.12 bits per heavy atom. The fraction of sp³-hybridized carbons (Fsp3) is 0.826.